The monoisotopic (exact) mass is 222 g/mol. The highest BCUT2D eigenvalue weighted by Crippen LogP contribution is 2.25. The van der Waals surface area contributed by atoms with Gasteiger partial charge in [-0.1, -0.05) is 6.42 Å². The van der Waals surface area contributed by atoms with E-state index in [-0.39, 0.29) is 23.9 Å². The standard InChI is InChI=1S/C12H18N2O2/c1-8(11-6-3-7-16-11)14-12(15)9-4-2-5-10(9)13/h3,6-10H,2,4-5,13H2,1H3,(H,14,15). The number of nitrogens with two attached hydrogens (primary N) is 1. The topological polar surface area (TPSA) is 68.3 Å². The van der Waals surface area contributed by atoms with E-state index in [1.165, 1.54) is 0 Å². The van der Waals surface area contributed by atoms with Crippen molar-refractivity contribution in [3.63, 3.8) is 0 Å². The van der Waals surface area contributed by atoms with Gasteiger partial charge in [0.2, 0.25) is 5.91 Å². The minimum absolute atomic E-state index is 0.0174. The maximum Gasteiger partial charge on any atom is 0.225 e. The molecule has 4 heteroatoms. The van der Waals surface area contributed by atoms with Crippen molar-refractivity contribution in [2.75, 3.05) is 0 Å². The molecule has 1 aromatic heterocycles. The third-order valence-corrected chi connectivity index (χ3v) is 3.23. The van der Waals surface area contributed by atoms with Crippen molar-refractivity contribution in [2.24, 2.45) is 11.7 Å². The number of amides is 1. The predicted octanol–water partition coefficient (Wildman–Crippen LogP) is 1.58. The predicted molar refractivity (Wildman–Crippen MR) is 60.6 cm³/mol. The van der Waals surface area contributed by atoms with E-state index in [4.69, 9.17) is 10.2 Å². The molecule has 1 aliphatic carbocycles. The maximum absolute atomic E-state index is 11.9. The van der Waals surface area contributed by atoms with Gasteiger partial charge in [0.1, 0.15) is 5.76 Å². The lowest BCUT2D eigenvalue weighted by Gasteiger charge is -2.18. The Hall–Kier alpha value is -1.29. The fraction of sp³-hybridized carbons (Fsp3) is 0.583. The summed E-state index contributed by atoms with van der Waals surface area (Å²) in [6.07, 6.45) is 4.51. The molecule has 16 heavy (non-hydrogen) atoms. The lowest BCUT2D eigenvalue weighted by Crippen LogP contribution is -2.39. The summed E-state index contributed by atoms with van der Waals surface area (Å²) >= 11 is 0. The van der Waals surface area contributed by atoms with Crippen molar-refractivity contribution in [2.45, 2.75) is 38.3 Å². The van der Waals surface area contributed by atoms with Crippen molar-refractivity contribution in [1.82, 2.24) is 5.32 Å². The third-order valence-electron chi connectivity index (χ3n) is 3.23. The molecule has 3 unspecified atom stereocenters. The molecule has 0 saturated heterocycles. The molecule has 1 saturated carbocycles. The van der Waals surface area contributed by atoms with Gasteiger partial charge >= 0.3 is 0 Å². The Morgan fingerprint density at radius 2 is 2.44 bits per heavy atom. The first kappa shape index (κ1) is 11.2. The summed E-state index contributed by atoms with van der Waals surface area (Å²) in [5.74, 6) is 0.797. The smallest absolute Gasteiger partial charge is 0.225 e. The minimum atomic E-state index is -0.0877. The van der Waals surface area contributed by atoms with Crippen LogP contribution in [0, 0.1) is 5.92 Å². The minimum Gasteiger partial charge on any atom is -0.467 e. The lowest BCUT2D eigenvalue weighted by atomic mass is 10.0. The van der Waals surface area contributed by atoms with E-state index >= 15 is 0 Å². The van der Waals surface area contributed by atoms with E-state index in [1.54, 1.807) is 6.26 Å². The first-order chi connectivity index (χ1) is 7.68. The molecule has 0 aliphatic heterocycles. The van der Waals surface area contributed by atoms with Gasteiger partial charge in [0.25, 0.3) is 0 Å². The second-order valence-corrected chi connectivity index (χ2v) is 4.45. The van der Waals surface area contributed by atoms with Crippen LogP contribution < -0.4 is 11.1 Å². The van der Waals surface area contributed by atoms with Gasteiger partial charge < -0.3 is 15.5 Å². The second-order valence-electron chi connectivity index (χ2n) is 4.45. The van der Waals surface area contributed by atoms with Crippen LogP contribution in [0.25, 0.3) is 0 Å². The number of rotatable bonds is 3. The Labute approximate surface area is 95.2 Å². The molecule has 1 amide bonds. The first-order valence-electron chi connectivity index (χ1n) is 5.78. The molecule has 2 rings (SSSR count). The fourth-order valence-corrected chi connectivity index (χ4v) is 2.24. The summed E-state index contributed by atoms with van der Waals surface area (Å²) in [5.41, 5.74) is 5.89. The zero-order valence-electron chi connectivity index (χ0n) is 9.48. The summed E-state index contributed by atoms with van der Waals surface area (Å²) in [5, 5.41) is 2.94. The SMILES string of the molecule is CC(NC(=O)C1CCCC1N)c1ccco1. The quantitative estimate of drug-likeness (QED) is 0.816. The highest BCUT2D eigenvalue weighted by Gasteiger charge is 2.31. The molecule has 1 heterocycles. The molecule has 1 aromatic rings. The third kappa shape index (κ3) is 2.27. The van der Waals surface area contributed by atoms with Crippen LogP contribution >= 0.6 is 0 Å². The fourth-order valence-electron chi connectivity index (χ4n) is 2.24. The van der Waals surface area contributed by atoms with Gasteiger partial charge in [0.15, 0.2) is 0 Å². The molecule has 0 aromatic carbocycles. The Morgan fingerprint density at radius 1 is 1.62 bits per heavy atom. The first-order valence-corrected chi connectivity index (χ1v) is 5.78. The van der Waals surface area contributed by atoms with Crippen LogP contribution in [-0.2, 0) is 4.79 Å². The molecule has 0 bridgehead atoms. The molecule has 1 aliphatic rings. The van der Waals surface area contributed by atoms with Crippen molar-refractivity contribution >= 4 is 5.91 Å². The number of carbonyl (C=O) groups is 1. The molecular weight excluding hydrogens is 204 g/mol. The van der Waals surface area contributed by atoms with E-state index in [0.717, 1.165) is 25.0 Å². The second kappa shape index (κ2) is 4.70. The van der Waals surface area contributed by atoms with Crippen LogP contribution in [0.4, 0.5) is 0 Å². The Balaban J connectivity index is 1.92. The number of furan rings is 1. The summed E-state index contributed by atoms with van der Waals surface area (Å²) < 4.78 is 5.24. The Kier molecular flexibility index (Phi) is 3.29. The number of hydrogen-bond acceptors (Lipinski definition) is 3. The molecule has 3 atom stereocenters. The summed E-state index contributed by atoms with van der Waals surface area (Å²) in [4.78, 5) is 11.9. The molecule has 4 nitrogen and oxygen atoms in total. The highest BCUT2D eigenvalue weighted by molar-refractivity contribution is 5.80. The van der Waals surface area contributed by atoms with Gasteiger partial charge in [0.05, 0.1) is 18.2 Å². The zero-order valence-corrected chi connectivity index (χ0v) is 9.48. The molecule has 0 radical (unpaired) electrons. The average Bonchev–Trinajstić information content (AvgIpc) is 2.86. The molecule has 0 spiro atoms. The van der Waals surface area contributed by atoms with Crippen LogP contribution in [0.2, 0.25) is 0 Å². The molecule has 88 valence electrons. The number of hydrogen-bond donors (Lipinski definition) is 2. The van der Waals surface area contributed by atoms with Gasteiger partial charge in [-0.15, -0.1) is 0 Å². The van der Waals surface area contributed by atoms with Crippen molar-refractivity contribution < 1.29 is 9.21 Å². The van der Waals surface area contributed by atoms with Gasteiger partial charge in [-0.05, 0) is 31.9 Å². The zero-order chi connectivity index (χ0) is 11.5. The van der Waals surface area contributed by atoms with E-state index in [9.17, 15) is 4.79 Å². The highest BCUT2D eigenvalue weighted by atomic mass is 16.3. The maximum atomic E-state index is 11.9. The van der Waals surface area contributed by atoms with Crippen LogP contribution in [0.15, 0.2) is 22.8 Å². The van der Waals surface area contributed by atoms with E-state index in [0.29, 0.717) is 0 Å². The molecule has 3 N–H and O–H groups in total. The van der Waals surface area contributed by atoms with E-state index < -0.39 is 0 Å². The number of carbonyl (C=O) groups excluding carboxylic acids is 1. The number of nitrogens with one attached hydrogen (secondary N) is 1. The van der Waals surface area contributed by atoms with E-state index in [2.05, 4.69) is 5.32 Å². The normalized spacial score (nSPS) is 26.6. The van der Waals surface area contributed by atoms with Gasteiger partial charge in [-0.25, -0.2) is 0 Å². The lowest BCUT2D eigenvalue weighted by molar-refractivity contribution is -0.125. The van der Waals surface area contributed by atoms with Crippen molar-refractivity contribution in [1.29, 1.82) is 0 Å². The average molecular weight is 222 g/mol. The molecular formula is C12H18N2O2. The van der Waals surface area contributed by atoms with Crippen molar-refractivity contribution in [3.05, 3.63) is 24.2 Å². The van der Waals surface area contributed by atoms with E-state index in [1.807, 2.05) is 19.1 Å². The summed E-state index contributed by atoms with van der Waals surface area (Å²) in [6, 6.07) is 3.61. The summed E-state index contributed by atoms with van der Waals surface area (Å²) in [6.45, 7) is 1.91. The Bertz CT molecular complexity index is 348. The molecule has 1 fully saturated rings. The van der Waals surface area contributed by atoms with Crippen LogP contribution in [-0.4, -0.2) is 11.9 Å². The van der Waals surface area contributed by atoms with Gasteiger partial charge in [-0.3, -0.25) is 4.79 Å². The van der Waals surface area contributed by atoms with Crippen LogP contribution in [0.3, 0.4) is 0 Å². The van der Waals surface area contributed by atoms with Crippen LogP contribution in [0.1, 0.15) is 38.0 Å². The van der Waals surface area contributed by atoms with Crippen LogP contribution in [0.5, 0.6) is 0 Å². The van der Waals surface area contributed by atoms with Crippen molar-refractivity contribution in [3.8, 4) is 0 Å². The summed E-state index contributed by atoms with van der Waals surface area (Å²) in [7, 11) is 0. The Morgan fingerprint density at radius 3 is 3.00 bits per heavy atom. The van der Waals surface area contributed by atoms with Gasteiger partial charge in [0, 0.05) is 6.04 Å². The van der Waals surface area contributed by atoms with Gasteiger partial charge in [-0.2, -0.15) is 0 Å². The largest absolute Gasteiger partial charge is 0.467 e.